The lowest BCUT2D eigenvalue weighted by atomic mass is 9.93. The molecule has 0 bridgehead atoms. The van der Waals surface area contributed by atoms with Gasteiger partial charge in [0.15, 0.2) is 0 Å². The lowest BCUT2D eigenvalue weighted by molar-refractivity contribution is 0.445. The minimum atomic E-state index is 0.659. The van der Waals surface area contributed by atoms with Gasteiger partial charge in [-0.2, -0.15) is 5.10 Å². The van der Waals surface area contributed by atoms with E-state index in [0.717, 1.165) is 6.54 Å². The monoisotopic (exact) mass is 193 g/mol. The van der Waals surface area contributed by atoms with Crippen LogP contribution in [0.5, 0.6) is 0 Å². The van der Waals surface area contributed by atoms with Gasteiger partial charge in [-0.15, -0.1) is 0 Å². The molecular weight excluding hydrogens is 174 g/mol. The van der Waals surface area contributed by atoms with Gasteiger partial charge in [0.05, 0.1) is 11.9 Å². The third kappa shape index (κ3) is 2.28. The molecular formula is C11H19N3. The Morgan fingerprint density at radius 2 is 2.36 bits per heavy atom. The number of hydrogen-bond acceptors (Lipinski definition) is 2. The van der Waals surface area contributed by atoms with E-state index in [0.29, 0.717) is 12.0 Å². The van der Waals surface area contributed by atoms with Crippen LogP contribution in [0.2, 0.25) is 0 Å². The topological polar surface area (TPSA) is 29.9 Å². The van der Waals surface area contributed by atoms with E-state index in [1.807, 2.05) is 10.9 Å². The Hall–Kier alpha value is -0.990. The highest BCUT2D eigenvalue weighted by atomic mass is 15.3. The highest BCUT2D eigenvalue weighted by molar-refractivity contribution is 5.39. The molecule has 1 aromatic heterocycles. The average Bonchev–Trinajstić information content (AvgIpc) is 2.44. The van der Waals surface area contributed by atoms with Crippen LogP contribution in [-0.2, 0) is 6.54 Å². The molecule has 0 radical (unpaired) electrons. The summed E-state index contributed by atoms with van der Waals surface area (Å²) in [5.74, 6) is 0.659. The molecule has 3 heteroatoms. The maximum Gasteiger partial charge on any atom is 0.0728 e. The second kappa shape index (κ2) is 4.03. The maximum absolute atomic E-state index is 4.32. The predicted molar refractivity (Wildman–Crippen MR) is 58.3 cm³/mol. The summed E-state index contributed by atoms with van der Waals surface area (Å²) in [6.07, 6.45) is 8.04. The molecule has 2 rings (SSSR count). The first-order valence-corrected chi connectivity index (χ1v) is 5.53. The summed E-state index contributed by atoms with van der Waals surface area (Å²) in [6, 6.07) is 0.701. The Morgan fingerprint density at radius 3 is 2.93 bits per heavy atom. The zero-order valence-corrected chi connectivity index (χ0v) is 9.03. The first-order chi connectivity index (χ1) is 6.74. The van der Waals surface area contributed by atoms with Crippen molar-refractivity contribution >= 4 is 5.69 Å². The zero-order chi connectivity index (χ0) is 9.97. The molecule has 78 valence electrons. The van der Waals surface area contributed by atoms with Gasteiger partial charge < -0.3 is 5.32 Å². The third-order valence-electron chi connectivity index (χ3n) is 2.66. The molecule has 1 saturated carbocycles. The van der Waals surface area contributed by atoms with Crippen LogP contribution in [0.3, 0.4) is 0 Å². The lowest BCUT2D eigenvalue weighted by Gasteiger charge is -2.26. The van der Waals surface area contributed by atoms with Crippen molar-refractivity contribution in [1.82, 2.24) is 9.78 Å². The molecule has 0 unspecified atom stereocenters. The van der Waals surface area contributed by atoms with Crippen LogP contribution in [-0.4, -0.2) is 15.8 Å². The van der Waals surface area contributed by atoms with E-state index in [1.54, 1.807) is 0 Å². The first-order valence-electron chi connectivity index (χ1n) is 5.53. The van der Waals surface area contributed by atoms with Crippen LogP contribution >= 0.6 is 0 Å². The van der Waals surface area contributed by atoms with Crippen molar-refractivity contribution in [2.24, 2.45) is 5.92 Å². The van der Waals surface area contributed by atoms with Gasteiger partial charge in [0.2, 0.25) is 0 Å². The first kappa shape index (κ1) is 9.56. The van der Waals surface area contributed by atoms with E-state index in [1.165, 1.54) is 24.9 Å². The molecule has 0 saturated heterocycles. The minimum absolute atomic E-state index is 0.659. The lowest BCUT2D eigenvalue weighted by Crippen LogP contribution is -2.26. The fraction of sp³-hybridized carbons (Fsp3) is 0.727. The van der Waals surface area contributed by atoms with Crippen molar-refractivity contribution in [3.63, 3.8) is 0 Å². The molecule has 1 aliphatic carbocycles. The van der Waals surface area contributed by atoms with E-state index in [-0.39, 0.29) is 0 Å². The number of aromatic nitrogens is 2. The number of nitrogens with zero attached hydrogens (tertiary/aromatic N) is 2. The van der Waals surface area contributed by atoms with E-state index >= 15 is 0 Å². The summed E-state index contributed by atoms with van der Waals surface area (Å²) in [4.78, 5) is 0. The van der Waals surface area contributed by atoms with Crippen molar-refractivity contribution in [2.75, 3.05) is 5.32 Å². The Bertz CT molecular complexity index is 286. The van der Waals surface area contributed by atoms with Crippen LogP contribution < -0.4 is 5.32 Å². The molecule has 1 heterocycles. The second-order valence-electron chi connectivity index (χ2n) is 4.62. The fourth-order valence-corrected chi connectivity index (χ4v) is 1.70. The Kier molecular flexibility index (Phi) is 2.75. The van der Waals surface area contributed by atoms with Crippen LogP contribution in [0.25, 0.3) is 0 Å². The molecule has 3 nitrogen and oxygen atoms in total. The molecule has 1 aliphatic rings. The van der Waals surface area contributed by atoms with Crippen LogP contribution in [0.4, 0.5) is 5.69 Å². The molecule has 0 atom stereocenters. The minimum Gasteiger partial charge on any atom is -0.380 e. The van der Waals surface area contributed by atoms with Crippen molar-refractivity contribution in [2.45, 2.75) is 45.7 Å². The molecule has 1 N–H and O–H groups in total. The van der Waals surface area contributed by atoms with Gasteiger partial charge in [0.1, 0.15) is 0 Å². The smallest absolute Gasteiger partial charge is 0.0728 e. The van der Waals surface area contributed by atoms with Gasteiger partial charge in [-0.1, -0.05) is 13.8 Å². The fourth-order valence-electron chi connectivity index (χ4n) is 1.70. The highest BCUT2D eigenvalue weighted by Gasteiger charge is 2.17. The standard InChI is InChI=1S/C11H19N3/c1-9(2)7-14-8-11(6-12-14)13-10-4-3-5-10/h6,8-10,13H,3-5,7H2,1-2H3. The van der Waals surface area contributed by atoms with Crippen LogP contribution in [0.15, 0.2) is 12.4 Å². The van der Waals surface area contributed by atoms with Crippen molar-refractivity contribution in [1.29, 1.82) is 0 Å². The van der Waals surface area contributed by atoms with Gasteiger partial charge in [-0.25, -0.2) is 0 Å². The van der Waals surface area contributed by atoms with Gasteiger partial charge in [-0.05, 0) is 25.2 Å². The summed E-state index contributed by atoms with van der Waals surface area (Å²) < 4.78 is 2.02. The summed E-state index contributed by atoms with van der Waals surface area (Å²) in [7, 11) is 0. The van der Waals surface area contributed by atoms with Gasteiger partial charge >= 0.3 is 0 Å². The van der Waals surface area contributed by atoms with Crippen LogP contribution in [0, 0.1) is 5.92 Å². The van der Waals surface area contributed by atoms with Gasteiger partial charge in [0.25, 0.3) is 0 Å². The van der Waals surface area contributed by atoms with Crippen molar-refractivity contribution in [3.8, 4) is 0 Å². The third-order valence-corrected chi connectivity index (χ3v) is 2.66. The van der Waals surface area contributed by atoms with E-state index in [4.69, 9.17) is 0 Å². The Balaban J connectivity index is 1.88. The molecule has 14 heavy (non-hydrogen) atoms. The zero-order valence-electron chi connectivity index (χ0n) is 9.03. The Labute approximate surface area is 85.5 Å². The predicted octanol–water partition coefficient (Wildman–Crippen LogP) is 2.50. The largest absolute Gasteiger partial charge is 0.380 e. The molecule has 1 fully saturated rings. The average molecular weight is 193 g/mol. The molecule has 0 aromatic carbocycles. The van der Waals surface area contributed by atoms with E-state index in [2.05, 4.69) is 30.5 Å². The number of rotatable bonds is 4. The van der Waals surface area contributed by atoms with Crippen molar-refractivity contribution in [3.05, 3.63) is 12.4 Å². The summed E-state index contributed by atoms with van der Waals surface area (Å²) in [5, 5.41) is 7.81. The maximum atomic E-state index is 4.32. The number of anilines is 1. The van der Waals surface area contributed by atoms with Crippen LogP contribution in [0.1, 0.15) is 33.1 Å². The van der Waals surface area contributed by atoms with E-state index in [9.17, 15) is 0 Å². The van der Waals surface area contributed by atoms with Crippen molar-refractivity contribution < 1.29 is 0 Å². The SMILES string of the molecule is CC(C)Cn1cc(NC2CCC2)cn1. The summed E-state index contributed by atoms with van der Waals surface area (Å²) in [6.45, 7) is 5.42. The molecule has 0 aliphatic heterocycles. The highest BCUT2D eigenvalue weighted by Crippen LogP contribution is 2.22. The molecule has 0 spiro atoms. The molecule has 0 amide bonds. The second-order valence-corrected chi connectivity index (χ2v) is 4.62. The van der Waals surface area contributed by atoms with Gasteiger partial charge in [0, 0.05) is 18.8 Å². The normalized spacial score (nSPS) is 17.1. The Morgan fingerprint density at radius 1 is 1.57 bits per heavy atom. The van der Waals surface area contributed by atoms with E-state index < -0.39 is 0 Å². The number of hydrogen-bond donors (Lipinski definition) is 1. The molecule has 1 aromatic rings. The summed E-state index contributed by atoms with van der Waals surface area (Å²) >= 11 is 0. The summed E-state index contributed by atoms with van der Waals surface area (Å²) in [5.41, 5.74) is 1.18. The number of nitrogens with one attached hydrogen (secondary N) is 1. The van der Waals surface area contributed by atoms with Gasteiger partial charge in [-0.3, -0.25) is 4.68 Å². The quantitative estimate of drug-likeness (QED) is 0.796.